The highest BCUT2D eigenvalue weighted by atomic mass is 31.0. The second kappa shape index (κ2) is 8.06. The quantitative estimate of drug-likeness (QED) is 0.652. The fourth-order valence-electron chi connectivity index (χ4n) is 2.02. The number of aliphatic imine (C=N–C) groups is 1. The average molecular weight is 352 g/mol. The van der Waals surface area contributed by atoms with E-state index in [2.05, 4.69) is 14.2 Å². The number of hydrogen-bond donors (Lipinski definition) is 1. The van der Waals surface area contributed by atoms with E-state index in [-0.39, 0.29) is 6.54 Å². The molecule has 1 amide bonds. The molecule has 0 aliphatic rings. The lowest BCUT2D eigenvalue weighted by Crippen LogP contribution is -2.38. The maximum atomic E-state index is 12.4. The lowest BCUT2D eigenvalue weighted by molar-refractivity contribution is -0.173. The van der Waals surface area contributed by atoms with Crippen LogP contribution in [0.25, 0.3) is 0 Å². The number of rotatable bonds is 5. The summed E-state index contributed by atoms with van der Waals surface area (Å²) >= 11 is 0. The summed E-state index contributed by atoms with van der Waals surface area (Å²) in [5, 5.41) is 2.81. The normalized spacial score (nSPS) is 13.0. The van der Waals surface area contributed by atoms with Crippen LogP contribution in [0.5, 0.6) is 0 Å². The molecule has 0 radical (unpaired) electrons. The lowest BCUT2D eigenvalue weighted by atomic mass is 10.1. The van der Waals surface area contributed by atoms with E-state index >= 15 is 0 Å². The fourth-order valence-corrected chi connectivity index (χ4v) is 2.30. The molecule has 2 rings (SSSR count). The van der Waals surface area contributed by atoms with Gasteiger partial charge in [0, 0.05) is 12.8 Å². The van der Waals surface area contributed by atoms with Gasteiger partial charge in [-0.15, -0.1) is 9.24 Å². The van der Waals surface area contributed by atoms with Gasteiger partial charge in [0.1, 0.15) is 0 Å². The van der Waals surface area contributed by atoms with E-state index in [0.29, 0.717) is 0 Å². The Morgan fingerprint density at radius 3 is 2.38 bits per heavy atom. The van der Waals surface area contributed by atoms with Crippen molar-refractivity contribution < 1.29 is 18.0 Å². The largest absolute Gasteiger partial charge is 0.471 e. The van der Waals surface area contributed by atoms with Gasteiger partial charge in [0.2, 0.25) is 0 Å². The summed E-state index contributed by atoms with van der Waals surface area (Å²) in [6, 6.07) is 15.7. The van der Waals surface area contributed by atoms with E-state index in [0.717, 1.165) is 16.4 Å². The summed E-state index contributed by atoms with van der Waals surface area (Å²) < 4.78 is 37.1. The first-order valence-electron chi connectivity index (χ1n) is 7.15. The Kier molecular flexibility index (Phi) is 6.10. The van der Waals surface area contributed by atoms with Gasteiger partial charge >= 0.3 is 12.1 Å². The zero-order chi connectivity index (χ0) is 17.6. The number of carbonyl (C=O) groups excluding carboxylic acids is 1. The summed E-state index contributed by atoms with van der Waals surface area (Å²) in [6.45, 7) is -0.238. The molecule has 2 aromatic carbocycles. The van der Waals surface area contributed by atoms with E-state index < -0.39 is 18.1 Å². The van der Waals surface area contributed by atoms with E-state index in [1.165, 1.54) is 0 Å². The van der Waals surface area contributed by atoms with Crippen LogP contribution in [0.2, 0.25) is 0 Å². The second-order valence-corrected chi connectivity index (χ2v) is 5.66. The number of carbonyl (C=O) groups is 1. The Hall–Kier alpha value is -2.20. The van der Waals surface area contributed by atoms with Gasteiger partial charge in [-0.05, 0) is 16.4 Å². The predicted molar refractivity (Wildman–Crippen MR) is 91.6 cm³/mol. The summed E-state index contributed by atoms with van der Waals surface area (Å²) in [4.78, 5) is 15.4. The summed E-state index contributed by atoms with van der Waals surface area (Å²) in [5.74, 6) is -1.97. The standard InChI is InChI=1S/C17H16F3N2OP/c18-17(19,20)16(23)22-11-14(12-6-2-1-3-7-12)21-10-13-8-4-5-9-15(13)24/h1-10,14H,11,24H2,(H,22,23). The summed E-state index contributed by atoms with van der Waals surface area (Å²) in [5.41, 5.74) is 1.56. The van der Waals surface area contributed by atoms with Crippen molar-refractivity contribution in [1.82, 2.24) is 5.32 Å². The van der Waals surface area contributed by atoms with Crippen LogP contribution >= 0.6 is 9.24 Å². The Balaban J connectivity index is 2.18. The van der Waals surface area contributed by atoms with Crippen molar-refractivity contribution in [2.75, 3.05) is 6.54 Å². The van der Waals surface area contributed by atoms with Gasteiger partial charge in [-0.3, -0.25) is 9.79 Å². The predicted octanol–water partition coefficient (Wildman–Crippen LogP) is 3.03. The molecule has 0 fully saturated rings. The number of amides is 1. The van der Waals surface area contributed by atoms with Crippen molar-refractivity contribution in [3.63, 3.8) is 0 Å². The first-order chi connectivity index (χ1) is 11.4. The topological polar surface area (TPSA) is 41.5 Å². The molecule has 0 saturated heterocycles. The lowest BCUT2D eigenvalue weighted by Gasteiger charge is -2.15. The van der Waals surface area contributed by atoms with Crippen LogP contribution in [0, 0.1) is 0 Å². The number of hydrogen-bond acceptors (Lipinski definition) is 2. The minimum atomic E-state index is -4.91. The van der Waals surface area contributed by atoms with Crippen LogP contribution in [-0.2, 0) is 4.79 Å². The highest BCUT2D eigenvalue weighted by molar-refractivity contribution is 7.27. The highest BCUT2D eigenvalue weighted by Gasteiger charge is 2.38. The summed E-state index contributed by atoms with van der Waals surface area (Å²) in [7, 11) is 2.57. The molecule has 0 aliphatic heterocycles. The number of benzene rings is 2. The third kappa shape index (κ3) is 5.17. The molecule has 2 atom stereocenters. The van der Waals surface area contributed by atoms with Crippen LogP contribution in [0.15, 0.2) is 59.6 Å². The van der Waals surface area contributed by atoms with Crippen molar-refractivity contribution in [3.8, 4) is 0 Å². The molecule has 2 unspecified atom stereocenters. The SMILES string of the molecule is O=C(NCC(N=Cc1ccccc1P)c1ccccc1)C(F)(F)F. The Morgan fingerprint density at radius 2 is 1.75 bits per heavy atom. The molecule has 0 aromatic heterocycles. The Bertz CT molecular complexity index is 717. The van der Waals surface area contributed by atoms with Crippen molar-refractivity contribution in [3.05, 3.63) is 65.7 Å². The van der Waals surface area contributed by atoms with Crippen LogP contribution in [0.3, 0.4) is 0 Å². The van der Waals surface area contributed by atoms with Gasteiger partial charge in [0.15, 0.2) is 0 Å². The second-order valence-electron chi connectivity index (χ2n) is 5.04. The zero-order valence-electron chi connectivity index (χ0n) is 12.6. The molecule has 126 valence electrons. The third-order valence-corrected chi connectivity index (χ3v) is 3.81. The van der Waals surface area contributed by atoms with Crippen LogP contribution in [0.4, 0.5) is 13.2 Å². The smallest absolute Gasteiger partial charge is 0.346 e. The van der Waals surface area contributed by atoms with Crippen LogP contribution < -0.4 is 10.6 Å². The third-order valence-electron chi connectivity index (χ3n) is 3.29. The molecular formula is C17H16F3N2OP. The van der Waals surface area contributed by atoms with Gasteiger partial charge in [-0.1, -0.05) is 54.6 Å². The highest BCUT2D eigenvalue weighted by Crippen LogP contribution is 2.18. The molecule has 0 bridgehead atoms. The van der Waals surface area contributed by atoms with Crippen molar-refractivity contribution >= 4 is 26.7 Å². The minimum absolute atomic E-state index is 0.238. The molecule has 3 nitrogen and oxygen atoms in total. The zero-order valence-corrected chi connectivity index (χ0v) is 13.8. The first-order valence-corrected chi connectivity index (χ1v) is 7.73. The number of halogens is 3. The van der Waals surface area contributed by atoms with Crippen molar-refractivity contribution in [1.29, 1.82) is 0 Å². The Morgan fingerprint density at radius 1 is 1.12 bits per heavy atom. The van der Waals surface area contributed by atoms with E-state index in [1.54, 1.807) is 36.5 Å². The maximum Gasteiger partial charge on any atom is 0.471 e. The van der Waals surface area contributed by atoms with Crippen molar-refractivity contribution in [2.45, 2.75) is 12.2 Å². The first kappa shape index (κ1) is 18.1. The van der Waals surface area contributed by atoms with E-state index in [1.807, 2.05) is 29.6 Å². The van der Waals surface area contributed by atoms with Crippen LogP contribution in [-0.4, -0.2) is 24.8 Å². The Labute approximate surface area is 140 Å². The summed E-state index contributed by atoms with van der Waals surface area (Å²) in [6.07, 6.45) is -3.31. The molecule has 0 saturated carbocycles. The van der Waals surface area contributed by atoms with Gasteiger partial charge in [-0.2, -0.15) is 13.2 Å². The molecule has 2 aromatic rings. The molecule has 0 spiro atoms. The molecule has 1 N–H and O–H groups in total. The molecule has 0 heterocycles. The van der Waals surface area contributed by atoms with Gasteiger partial charge in [-0.25, -0.2) is 0 Å². The van der Waals surface area contributed by atoms with Gasteiger partial charge in [0.25, 0.3) is 0 Å². The van der Waals surface area contributed by atoms with Gasteiger partial charge in [0.05, 0.1) is 6.04 Å². The molecular weight excluding hydrogens is 336 g/mol. The van der Waals surface area contributed by atoms with Gasteiger partial charge < -0.3 is 5.32 Å². The molecule has 24 heavy (non-hydrogen) atoms. The number of alkyl halides is 3. The molecule has 7 heteroatoms. The monoisotopic (exact) mass is 352 g/mol. The minimum Gasteiger partial charge on any atom is -0.346 e. The number of nitrogens with one attached hydrogen (secondary N) is 1. The van der Waals surface area contributed by atoms with Crippen molar-refractivity contribution in [2.24, 2.45) is 4.99 Å². The number of nitrogens with zero attached hydrogens (tertiary/aromatic N) is 1. The average Bonchev–Trinajstić information content (AvgIpc) is 2.56. The van der Waals surface area contributed by atoms with E-state index in [4.69, 9.17) is 0 Å². The maximum absolute atomic E-state index is 12.4. The van der Waals surface area contributed by atoms with E-state index in [9.17, 15) is 18.0 Å². The molecule has 0 aliphatic carbocycles. The van der Waals surface area contributed by atoms with Crippen LogP contribution in [0.1, 0.15) is 17.2 Å². The fraction of sp³-hybridized carbons (Fsp3) is 0.176.